The Hall–Kier alpha value is -2.55. The molecule has 0 spiro atoms. The summed E-state index contributed by atoms with van der Waals surface area (Å²) in [5.74, 6) is -1.42. The van der Waals surface area contributed by atoms with Gasteiger partial charge in [-0.2, -0.15) is 13.2 Å². The third-order valence-electron chi connectivity index (χ3n) is 5.56. The van der Waals surface area contributed by atoms with Crippen LogP contribution in [-0.4, -0.2) is 28.0 Å². The van der Waals surface area contributed by atoms with Gasteiger partial charge in [0.1, 0.15) is 5.56 Å². The summed E-state index contributed by atoms with van der Waals surface area (Å²) < 4.78 is 42.3. The maximum Gasteiger partial charge on any atom is 0.417 e. The van der Waals surface area contributed by atoms with E-state index in [0.717, 1.165) is 29.7 Å². The summed E-state index contributed by atoms with van der Waals surface area (Å²) in [6.45, 7) is 0.302. The molecule has 1 aliphatic carbocycles. The molecule has 0 radical (unpaired) electrons. The number of benzene rings is 1. The Morgan fingerprint density at radius 2 is 1.87 bits per heavy atom. The lowest BCUT2D eigenvalue weighted by Crippen LogP contribution is -2.35. The second-order valence-corrected chi connectivity index (χ2v) is 8.07. The van der Waals surface area contributed by atoms with Crippen LogP contribution in [0.4, 0.5) is 18.9 Å². The van der Waals surface area contributed by atoms with Crippen LogP contribution in [0, 0.1) is 0 Å². The molecule has 2 heterocycles. The van der Waals surface area contributed by atoms with Crippen molar-refractivity contribution in [2.24, 2.45) is 7.05 Å². The van der Waals surface area contributed by atoms with Crippen LogP contribution in [0.2, 0.25) is 5.02 Å². The van der Waals surface area contributed by atoms with E-state index < -0.39 is 33.7 Å². The number of rotatable bonds is 4. The third kappa shape index (κ3) is 3.45. The monoisotopic (exact) mass is 441 g/mol. The van der Waals surface area contributed by atoms with E-state index in [2.05, 4.69) is 5.10 Å². The van der Waals surface area contributed by atoms with E-state index >= 15 is 0 Å². The predicted molar refractivity (Wildman–Crippen MR) is 104 cm³/mol. The third-order valence-corrected chi connectivity index (χ3v) is 5.94. The van der Waals surface area contributed by atoms with Crippen LogP contribution in [0.5, 0.6) is 0 Å². The van der Waals surface area contributed by atoms with Gasteiger partial charge in [-0.3, -0.25) is 24.2 Å². The van der Waals surface area contributed by atoms with Crippen LogP contribution < -0.4 is 10.5 Å². The highest BCUT2D eigenvalue weighted by molar-refractivity contribution is 6.38. The first-order valence-corrected chi connectivity index (χ1v) is 10.0. The Bertz CT molecular complexity index is 1100. The molecule has 1 aromatic carbocycles. The van der Waals surface area contributed by atoms with Crippen molar-refractivity contribution in [3.05, 3.63) is 49.9 Å². The van der Waals surface area contributed by atoms with Crippen molar-refractivity contribution in [1.29, 1.82) is 0 Å². The number of carbonyl (C=O) groups excluding carboxylic acids is 2. The minimum atomic E-state index is -4.86. The molecule has 1 aliphatic heterocycles. The van der Waals surface area contributed by atoms with Crippen LogP contribution in [-0.2, 0) is 18.0 Å². The van der Waals surface area contributed by atoms with Gasteiger partial charge < -0.3 is 4.90 Å². The van der Waals surface area contributed by atoms with Gasteiger partial charge in [0.25, 0.3) is 5.56 Å². The summed E-state index contributed by atoms with van der Waals surface area (Å²) in [6, 6.07) is 1.87. The molecule has 4 rings (SSSR count). The number of alkyl halides is 3. The first kappa shape index (κ1) is 20.7. The van der Waals surface area contributed by atoms with Crippen molar-refractivity contribution < 1.29 is 22.8 Å². The van der Waals surface area contributed by atoms with Crippen molar-refractivity contribution in [2.45, 2.75) is 44.2 Å². The molecule has 30 heavy (non-hydrogen) atoms. The molecule has 0 bridgehead atoms. The number of hydrogen-bond donors (Lipinski definition) is 1. The number of nitrogens with zero attached hydrogens (tertiary/aromatic N) is 2. The van der Waals surface area contributed by atoms with Gasteiger partial charge >= 0.3 is 6.18 Å². The molecule has 0 atom stereocenters. The Labute approximate surface area is 174 Å². The number of anilines is 1. The molecule has 10 heteroatoms. The van der Waals surface area contributed by atoms with E-state index in [4.69, 9.17) is 11.6 Å². The fourth-order valence-electron chi connectivity index (χ4n) is 3.87. The standard InChI is InChI=1S/C20H19ClF3N3O3/c1-26-19(30)15(17(25-26)10-5-6-10)18(29)14-11(20(22,23)24)7-8-12(16(14)21)27-9-3-2-4-13(27)28/h7-8,10,25H,2-6,9H2,1H3. The number of halogens is 4. The molecule has 160 valence electrons. The second-order valence-electron chi connectivity index (χ2n) is 7.69. The van der Waals surface area contributed by atoms with Crippen LogP contribution >= 0.6 is 11.6 Å². The first-order valence-electron chi connectivity index (χ1n) is 9.65. The first-order chi connectivity index (χ1) is 14.1. The highest BCUT2D eigenvalue weighted by Gasteiger charge is 2.41. The van der Waals surface area contributed by atoms with E-state index in [1.807, 2.05) is 0 Å². The normalized spacial score (nSPS) is 17.5. The van der Waals surface area contributed by atoms with Crippen LogP contribution in [0.1, 0.15) is 65.2 Å². The van der Waals surface area contributed by atoms with Crippen LogP contribution in [0.25, 0.3) is 0 Å². The summed E-state index contributed by atoms with van der Waals surface area (Å²) in [6.07, 6.45) is -1.77. The largest absolute Gasteiger partial charge is 0.417 e. The molecule has 2 aromatic rings. The van der Waals surface area contributed by atoms with E-state index in [1.165, 1.54) is 11.9 Å². The molecule has 1 amide bonds. The molecule has 1 N–H and O–H groups in total. The zero-order chi connectivity index (χ0) is 21.8. The fraction of sp³-hybridized carbons (Fsp3) is 0.450. The zero-order valence-electron chi connectivity index (χ0n) is 16.1. The summed E-state index contributed by atoms with van der Waals surface area (Å²) in [7, 11) is 1.40. The average molecular weight is 442 g/mol. The summed E-state index contributed by atoms with van der Waals surface area (Å²) in [4.78, 5) is 39.5. The molecule has 1 saturated carbocycles. The zero-order valence-corrected chi connectivity index (χ0v) is 16.9. The molecule has 1 saturated heterocycles. The van der Waals surface area contributed by atoms with Gasteiger partial charge in [0, 0.05) is 25.9 Å². The maximum atomic E-state index is 13.7. The van der Waals surface area contributed by atoms with Crippen molar-refractivity contribution >= 4 is 29.0 Å². The summed E-state index contributed by atoms with van der Waals surface area (Å²) in [5.41, 5.74) is -2.66. The van der Waals surface area contributed by atoms with Gasteiger partial charge in [-0.05, 0) is 37.8 Å². The lowest BCUT2D eigenvalue weighted by Gasteiger charge is -2.29. The summed E-state index contributed by atoms with van der Waals surface area (Å²) in [5, 5.41) is 2.32. The predicted octanol–water partition coefficient (Wildman–Crippen LogP) is 4.01. The molecule has 2 fully saturated rings. The van der Waals surface area contributed by atoms with E-state index in [0.29, 0.717) is 25.1 Å². The lowest BCUT2D eigenvalue weighted by atomic mass is 9.95. The van der Waals surface area contributed by atoms with Crippen LogP contribution in [0.3, 0.4) is 0 Å². The van der Waals surface area contributed by atoms with E-state index in [1.54, 1.807) is 0 Å². The van der Waals surface area contributed by atoms with E-state index in [9.17, 15) is 27.6 Å². The van der Waals surface area contributed by atoms with Crippen molar-refractivity contribution in [1.82, 2.24) is 9.78 Å². The fourth-order valence-corrected chi connectivity index (χ4v) is 4.23. The molecule has 1 aromatic heterocycles. The van der Waals surface area contributed by atoms with Gasteiger partial charge in [-0.15, -0.1) is 0 Å². The number of piperidine rings is 1. The smallest absolute Gasteiger partial charge is 0.311 e. The summed E-state index contributed by atoms with van der Waals surface area (Å²) >= 11 is 6.34. The number of amides is 1. The maximum absolute atomic E-state index is 13.7. The van der Waals surface area contributed by atoms with Gasteiger partial charge in [0.05, 0.1) is 27.5 Å². The van der Waals surface area contributed by atoms with Crippen molar-refractivity contribution in [3.8, 4) is 0 Å². The number of ketones is 1. The van der Waals surface area contributed by atoms with Gasteiger partial charge in [-0.25, -0.2) is 0 Å². The number of carbonyl (C=O) groups is 2. The van der Waals surface area contributed by atoms with E-state index in [-0.39, 0.29) is 29.5 Å². The topological polar surface area (TPSA) is 75.2 Å². The molecule has 6 nitrogen and oxygen atoms in total. The minimum Gasteiger partial charge on any atom is -0.311 e. The van der Waals surface area contributed by atoms with Gasteiger partial charge in [0.2, 0.25) is 11.7 Å². The lowest BCUT2D eigenvalue weighted by molar-refractivity contribution is -0.137. The highest BCUT2D eigenvalue weighted by atomic mass is 35.5. The molecule has 2 aliphatic rings. The van der Waals surface area contributed by atoms with Crippen molar-refractivity contribution in [2.75, 3.05) is 11.4 Å². The van der Waals surface area contributed by atoms with Gasteiger partial charge in [0.15, 0.2) is 0 Å². The quantitative estimate of drug-likeness (QED) is 0.728. The highest BCUT2D eigenvalue weighted by Crippen LogP contribution is 2.44. The molecular weight excluding hydrogens is 423 g/mol. The Morgan fingerprint density at radius 3 is 2.47 bits per heavy atom. The van der Waals surface area contributed by atoms with Crippen molar-refractivity contribution in [3.63, 3.8) is 0 Å². The Balaban J connectivity index is 1.92. The SMILES string of the molecule is Cn1[nH]c(C2CC2)c(C(=O)c2c(C(F)(F)F)ccc(N3CCCCC3=O)c2Cl)c1=O. The molecular formula is C20H19ClF3N3O3. The average Bonchev–Trinajstić information content (AvgIpc) is 3.47. The number of aryl methyl sites for hydroxylation is 1. The Kier molecular flexibility index (Phi) is 5.04. The Morgan fingerprint density at radius 1 is 1.17 bits per heavy atom. The van der Waals surface area contributed by atoms with Gasteiger partial charge in [-0.1, -0.05) is 11.6 Å². The number of H-pyrrole nitrogens is 1. The number of hydrogen-bond acceptors (Lipinski definition) is 3. The number of nitrogens with one attached hydrogen (secondary N) is 1. The second kappa shape index (κ2) is 7.30. The number of aromatic amines is 1. The molecule has 0 unspecified atom stereocenters. The van der Waals surface area contributed by atoms with Crippen LogP contribution in [0.15, 0.2) is 16.9 Å². The minimum absolute atomic E-state index is 0.0537. The number of aromatic nitrogens is 2.